The van der Waals surface area contributed by atoms with Crippen LogP contribution < -0.4 is 21.5 Å². The van der Waals surface area contributed by atoms with Crippen molar-refractivity contribution in [2.24, 2.45) is 5.41 Å². The van der Waals surface area contributed by atoms with Gasteiger partial charge in [-0.05, 0) is 25.0 Å². The maximum absolute atomic E-state index is 13.2. The number of hydrogen-bond acceptors (Lipinski definition) is 9. The topological polar surface area (TPSA) is 151 Å². The summed E-state index contributed by atoms with van der Waals surface area (Å²) in [6.45, 7) is 3.88. The first-order chi connectivity index (χ1) is 17.3. The lowest BCUT2D eigenvalue weighted by Crippen LogP contribution is -2.45. The summed E-state index contributed by atoms with van der Waals surface area (Å²) >= 11 is 0. The Morgan fingerprint density at radius 1 is 1.17 bits per heavy atom. The second-order valence-corrected chi connectivity index (χ2v) is 9.30. The molecule has 186 valence electrons. The number of imidazole rings is 1. The van der Waals surface area contributed by atoms with Crippen molar-refractivity contribution in [1.29, 1.82) is 0 Å². The number of aromatic nitrogens is 6. The molecule has 0 aromatic carbocycles. The van der Waals surface area contributed by atoms with Gasteiger partial charge in [0.05, 0.1) is 24.2 Å². The second-order valence-electron chi connectivity index (χ2n) is 9.30. The lowest BCUT2D eigenvalue weighted by Gasteiger charge is -2.30. The summed E-state index contributed by atoms with van der Waals surface area (Å²) in [5.74, 6) is 0.384. The molecular formula is C24H27N9O3. The fourth-order valence-electron chi connectivity index (χ4n) is 4.48. The SMILES string of the molecule is CNc1cc(Nc2cccn(-c3cnccn3)c2=O)nn2c(C(=O)NC3CCC(O)C3(C)C)cnc12. The molecule has 4 N–H and O–H groups in total. The third-order valence-corrected chi connectivity index (χ3v) is 6.77. The molecule has 12 heteroatoms. The number of pyridine rings is 1. The molecule has 2 atom stereocenters. The van der Waals surface area contributed by atoms with Crippen molar-refractivity contribution in [3.8, 4) is 5.82 Å². The molecule has 12 nitrogen and oxygen atoms in total. The summed E-state index contributed by atoms with van der Waals surface area (Å²) in [7, 11) is 1.74. The lowest BCUT2D eigenvalue weighted by atomic mass is 9.85. The number of carbonyl (C=O) groups excluding carboxylic acids is 1. The highest BCUT2D eigenvalue weighted by Crippen LogP contribution is 2.37. The minimum atomic E-state index is -0.480. The van der Waals surface area contributed by atoms with Gasteiger partial charge in [0.2, 0.25) is 0 Å². The third-order valence-electron chi connectivity index (χ3n) is 6.77. The molecule has 1 aliphatic carbocycles. The fourth-order valence-corrected chi connectivity index (χ4v) is 4.48. The van der Waals surface area contributed by atoms with Crippen LogP contribution in [0.2, 0.25) is 0 Å². The monoisotopic (exact) mass is 489 g/mol. The Kier molecular flexibility index (Phi) is 5.88. The van der Waals surface area contributed by atoms with Gasteiger partial charge in [0.25, 0.3) is 11.5 Å². The van der Waals surface area contributed by atoms with E-state index in [4.69, 9.17) is 0 Å². The molecule has 0 spiro atoms. The molecule has 5 rings (SSSR count). The zero-order valence-electron chi connectivity index (χ0n) is 20.1. The van der Waals surface area contributed by atoms with Gasteiger partial charge in [-0.2, -0.15) is 0 Å². The van der Waals surface area contributed by atoms with Crippen molar-refractivity contribution >= 4 is 28.7 Å². The lowest BCUT2D eigenvalue weighted by molar-refractivity contribution is 0.0602. The van der Waals surface area contributed by atoms with Gasteiger partial charge in [0.15, 0.2) is 23.0 Å². The molecule has 4 heterocycles. The number of nitrogens with zero attached hydrogens (tertiary/aromatic N) is 6. The van der Waals surface area contributed by atoms with Gasteiger partial charge >= 0.3 is 0 Å². The van der Waals surface area contributed by atoms with Gasteiger partial charge in [0, 0.05) is 43.2 Å². The molecule has 0 aliphatic heterocycles. The van der Waals surface area contributed by atoms with E-state index in [1.165, 1.54) is 33.9 Å². The van der Waals surface area contributed by atoms with Gasteiger partial charge < -0.3 is 21.1 Å². The van der Waals surface area contributed by atoms with E-state index in [1.54, 1.807) is 31.4 Å². The number of hydrogen-bond donors (Lipinski definition) is 4. The van der Waals surface area contributed by atoms with E-state index in [0.29, 0.717) is 35.8 Å². The second kappa shape index (κ2) is 9.04. The molecule has 1 amide bonds. The number of rotatable bonds is 6. The predicted octanol–water partition coefficient (Wildman–Crippen LogP) is 1.73. The maximum Gasteiger partial charge on any atom is 0.280 e. The Morgan fingerprint density at radius 3 is 2.69 bits per heavy atom. The molecule has 0 saturated heterocycles. The maximum atomic E-state index is 13.2. The summed E-state index contributed by atoms with van der Waals surface area (Å²) in [5.41, 5.74) is 0.814. The van der Waals surface area contributed by atoms with E-state index >= 15 is 0 Å². The van der Waals surface area contributed by atoms with Crippen LogP contribution >= 0.6 is 0 Å². The Balaban J connectivity index is 1.48. The zero-order valence-corrected chi connectivity index (χ0v) is 20.1. The van der Waals surface area contributed by atoms with Crippen LogP contribution in [-0.2, 0) is 0 Å². The summed E-state index contributed by atoms with van der Waals surface area (Å²) in [6, 6.07) is 4.87. The Labute approximate surface area is 206 Å². The largest absolute Gasteiger partial charge is 0.392 e. The van der Waals surface area contributed by atoms with Crippen molar-refractivity contribution in [1.82, 2.24) is 34.4 Å². The normalized spacial score (nSPS) is 18.8. The summed E-state index contributed by atoms with van der Waals surface area (Å²) < 4.78 is 2.81. The molecule has 1 saturated carbocycles. The average molecular weight is 490 g/mol. The molecule has 36 heavy (non-hydrogen) atoms. The molecule has 4 aromatic rings. The van der Waals surface area contributed by atoms with Crippen molar-refractivity contribution in [3.05, 3.63) is 65.2 Å². The van der Waals surface area contributed by atoms with Gasteiger partial charge in [-0.3, -0.25) is 19.1 Å². The average Bonchev–Trinajstić information content (AvgIpc) is 3.41. The van der Waals surface area contributed by atoms with Crippen LogP contribution in [0.25, 0.3) is 11.5 Å². The zero-order chi connectivity index (χ0) is 25.4. The van der Waals surface area contributed by atoms with E-state index in [1.807, 2.05) is 13.8 Å². The van der Waals surface area contributed by atoms with E-state index in [2.05, 4.69) is 36.0 Å². The summed E-state index contributed by atoms with van der Waals surface area (Å²) in [6.07, 6.45) is 8.44. The number of carbonyl (C=O) groups is 1. The first kappa shape index (κ1) is 23.4. The number of aliphatic hydroxyl groups excluding tert-OH is 1. The third kappa shape index (κ3) is 4.05. The van der Waals surface area contributed by atoms with Crippen LogP contribution in [0.4, 0.5) is 17.2 Å². The molecule has 4 aromatic heterocycles. The highest BCUT2D eigenvalue weighted by atomic mass is 16.3. The van der Waals surface area contributed by atoms with Crippen molar-refractivity contribution < 1.29 is 9.90 Å². The quantitative estimate of drug-likeness (QED) is 0.317. The highest BCUT2D eigenvalue weighted by molar-refractivity contribution is 5.94. The standard InChI is InChI=1S/C24H27N9O3/c1-24(2)17(6-7-18(24)34)30-22(35)16-12-28-21-15(25-3)11-19(31-33(16)21)29-14-5-4-10-32(23(14)36)20-13-26-8-9-27-20/h4-5,8-13,17-18,25,34H,6-7H2,1-3H3,(H,29,31)(H,30,35). The molecule has 0 bridgehead atoms. The van der Waals surface area contributed by atoms with E-state index in [-0.39, 0.29) is 28.9 Å². The highest BCUT2D eigenvalue weighted by Gasteiger charge is 2.43. The molecule has 0 radical (unpaired) electrons. The van der Waals surface area contributed by atoms with Crippen molar-refractivity contribution in [2.75, 3.05) is 17.7 Å². The Bertz CT molecular complexity index is 1480. The minimum Gasteiger partial charge on any atom is -0.392 e. The molecule has 2 unspecified atom stereocenters. The van der Waals surface area contributed by atoms with E-state index < -0.39 is 11.5 Å². The van der Waals surface area contributed by atoms with Crippen LogP contribution in [0.1, 0.15) is 37.2 Å². The molecule has 1 aliphatic rings. The van der Waals surface area contributed by atoms with Crippen LogP contribution in [0, 0.1) is 5.41 Å². The molecule has 1 fully saturated rings. The summed E-state index contributed by atoms with van der Waals surface area (Å²) in [4.78, 5) is 38.9. The van der Waals surface area contributed by atoms with E-state index in [9.17, 15) is 14.7 Å². The van der Waals surface area contributed by atoms with Gasteiger partial charge in [0.1, 0.15) is 5.69 Å². The van der Waals surface area contributed by atoms with E-state index in [0.717, 1.165) is 0 Å². The predicted molar refractivity (Wildman–Crippen MR) is 134 cm³/mol. The van der Waals surface area contributed by atoms with Gasteiger partial charge in [-0.1, -0.05) is 13.8 Å². The number of amides is 1. The minimum absolute atomic E-state index is 0.181. The number of anilines is 3. The smallest absolute Gasteiger partial charge is 0.280 e. The van der Waals surface area contributed by atoms with Gasteiger partial charge in [-0.25, -0.2) is 14.5 Å². The van der Waals surface area contributed by atoms with Gasteiger partial charge in [-0.15, -0.1) is 5.10 Å². The Hall–Kier alpha value is -4.32. The number of aliphatic hydroxyl groups is 1. The first-order valence-electron chi connectivity index (χ1n) is 11.6. The number of fused-ring (bicyclic) bond motifs is 1. The number of nitrogens with one attached hydrogen (secondary N) is 3. The summed E-state index contributed by atoms with van der Waals surface area (Å²) in [5, 5.41) is 24.0. The van der Waals surface area contributed by atoms with Crippen LogP contribution in [0.5, 0.6) is 0 Å². The van der Waals surface area contributed by atoms with Crippen LogP contribution in [-0.4, -0.2) is 59.3 Å². The fraction of sp³-hybridized carbons (Fsp3) is 0.333. The van der Waals surface area contributed by atoms with Crippen molar-refractivity contribution in [2.45, 2.75) is 38.8 Å². The van der Waals surface area contributed by atoms with Crippen molar-refractivity contribution in [3.63, 3.8) is 0 Å². The van der Waals surface area contributed by atoms with Crippen LogP contribution in [0.3, 0.4) is 0 Å². The Morgan fingerprint density at radius 2 is 2.00 bits per heavy atom. The molecular weight excluding hydrogens is 462 g/mol. The van der Waals surface area contributed by atoms with Crippen LogP contribution in [0.15, 0.2) is 54.0 Å². The first-order valence-corrected chi connectivity index (χ1v) is 11.6.